The molecule has 0 saturated carbocycles. The molecule has 1 unspecified atom stereocenters. The predicted octanol–water partition coefficient (Wildman–Crippen LogP) is 0.226. The smallest absolute Gasteiger partial charge is 0.274 e. The summed E-state index contributed by atoms with van der Waals surface area (Å²) in [5, 5.41) is 18.2. The van der Waals surface area contributed by atoms with Crippen LogP contribution in [0.1, 0.15) is 42.9 Å². The number of nitrogens with two attached hydrogens (primary N) is 1. The molecule has 0 aliphatic rings. The SMILES string of the molecule is CC(O)CNC(=O)c1n[nH]c(C(C)C)c1N. The summed E-state index contributed by atoms with van der Waals surface area (Å²) in [5.74, 6) is -0.188. The lowest BCUT2D eigenvalue weighted by Crippen LogP contribution is -2.31. The van der Waals surface area contributed by atoms with E-state index in [1.165, 1.54) is 0 Å². The maximum atomic E-state index is 11.6. The van der Waals surface area contributed by atoms with E-state index in [2.05, 4.69) is 15.5 Å². The van der Waals surface area contributed by atoms with E-state index in [0.29, 0.717) is 5.69 Å². The molecule has 5 N–H and O–H groups in total. The van der Waals surface area contributed by atoms with Crippen LogP contribution in [0.4, 0.5) is 5.69 Å². The van der Waals surface area contributed by atoms with Gasteiger partial charge in [0.15, 0.2) is 5.69 Å². The van der Waals surface area contributed by atoms with Gasteiger partial charge in [0.25, 0.3) is 5.91 Å². The highest BCUT2D eigenvalue weighted by Gasteiger charge is 2.18. The lowest BCUT2D eigenvalue weighted by molar-refractivity contribution is 0.0920. The fraction of sp³-hybridized carbons (Fsp3) is 0.600. The largest absolute Gasteiger partial charge is 0.395 e. The van der Waals surface area contributed by atoms with Crippen molar-refractivity contribution in [1.82, 2.24) is 15.5 Å². The average Bonchev–Trinajstić information content (AvgIpc) is 2.56. The molecule has 0 radical (unpaired) electrons. The monoisotopic (exact) mass is 226 g/mol. The van der Waals surface area contributed by atoms with Crippen LogP contribution in [0.3, 0.4) is 0 Å². The fourth-order valence-corrected chi connectivity index (χ4v) is 1.30. The number of rotatable bonds is 4. The van der Waals surface area contributed by atoms with Gasteiger partial charge in [-0.3, -0.25) is 9.89 Å². The van der Waals surface area contributed by atoms with Crippen LogP contribution in [-0.4, -0.2) is 33.9 Å². The minimum Gasteiger partial charge on any atom is -0.395 e. The van der Waals surface area contributed by atoms with Gasteiger partial charge in [-0.1, -0.05) is 13.8 Å². The fourth-order valence-electron chi connectivity index (χ4n) is 1.30. The van der Waals surface area contributed by atoms with E-state index in [4.69, 9.17) is 10.8 Å². The van der Waals surface area contributed by atoms with E-state index in [-0.39, 0.29) is 24.1 Å². The van der Waals surface area contributed by atoms with Gasteiger partial charge in [0.05, 0.1) is 17.5 Å². The van der Waals surface area contributed by atoms with Crippen LogP contribution < -0.4 is 11.1 Å². The highest BCUT2D eigenvalue weighted by atomic mass is 16.3. The summed E-state index contributed by atoms with van der Waals surface area (Å²) in [5.41, 5.74) is 7.10. The molecular weight excluding hydrogens is 208 g/mol. The Balaban J connectivity index is 2.77. The molecule has 1 aromatic heterocycles. The summed E-state index contributed by atoms with van der Waals surface area (Å²) >= 11 is 0. The molecule has 1 atom stereocenters. The minimum absolute atomic E-state index is 0.183. The molecule has 6 heteroatoms. The number of hydrogen-bond acceptors (Lipinski definition) is 4. The van der Waals surface area contributed by atoms with E-state index in [0.717, 1.165) is 5.69 Å². The number of nitrogens with one attached hydrogen (secondary N) is 2. The van der Waals surface area contributed by atoms with Crippen molar-refractivity contribution in [2.45, 2.75) is 32.8 Å². The van der Waals surface area contributed by atoms with Crippen LogP contribution in [0.25, 0.3) is 0 Å². The predicted molar refractivity (Wildman–Crippen MR) is 61.1 cm³/mol. The molecule has 0 saturated heterocycles. The molecule has 0 bridgehead atoms. The number of hydrogen-bond donors (Lipinski definition) is 4. The number of nitrogen functional groups attached to an aromatic ring is 1. The van der Waals surface area contributed by atoms with Crippen molar-refractivity contribution in [3.8, 4) is 0 Å². The Kier molecular flexibility index (Phi) is 3.89. The molecule has 0 aliphatic heterocycles. The molecular formula is C10H18N4O2. The zero-order valence-electron chi connectivity index (χ0n) is 9.74. The van der Waals surface area contributed by atoms with Crippen LogP contribution in [-0.2, 0) is 0 Å². The third-order valence-corrected chi connectivity index (χ3v) is 2.18. The lowest BCUT2D eigenvalue weighted by atomic mass is 10.1. The number of carbonyl (C=O) groups is 1. The average molecular weight is 226 g/mol. The Labute approximate surface area is 94.2 Å². The van der Waals surface area contributed by atoms with Crippen LogP contribution in [0.2, 0.25) is 0 Å². The summed E-state index contributed by atoms with van der Waals surface area (Å²) in [7, 11) is 0. The van der Waals surface area contributed by atoms with Gasteiger partial charge < -0.3 is 16.2 Å². The van der Waals surface area contributed by atoms with Gasteiger partial charge >= 0.3 is 0 Å². The normalized spacial score (nSPS) is 12.8. The first-order chi connectivity index (χ1) is 7.43. The summed E-state index contributed by atoms with van der Waals surface area (Å²) in [4.78, 5) is 11.6. The highest BCUT2D eigenvalue weighted by Crippen LogP contribution is 2.21. The van der Waals surface area contributed by atoms with Gasteiger partial charge in [0.1, 0.15) is 0 Å². The zero-order chi connectivity index (χ0) is 12.3. The van der Waals surface area contributed by atoms with Crippen molar-refractivity contribution in [3.05, 3.63) is 11.4 Å². The van der Waals surface area contributed by atoms with E-state index in [1.807, 2.05) is 13.8 Å². The highest BCUT2D eigenvalue weighted by molar-refractivity contribution is 5.97. The number of carbonyl (C=O) groups excluding carboxylic acids is 1. The third kappa shape index (κ3) is 2.73. The van der Waals surface area contributed by atoms with Crippen molar-refractivity contribution < 1.29 is 9.90 Å². The second kappa shape index (κ2) is 4.98. The molecule has 1 heterocycles. The first-order valence-electron chi connectivity index (χ1n) is 5.23. The maximum Gasteiger partial charge on any atom is 0.274 e. The van der Waals surface area contributed by atoms with E-state index < -0.39 is 6.10 Å². The topological polar surface area (TPSA) is 104 Å². The number of aliphatic hydroxyl groups is 1. The Hall–Kier alpha value is -1.56. The summed E-state index contributed by atoms with van der Waals surface area (Å²) in [6.45, 7) is 5.69. The summed E-state index contributed by atoms with van der Waals surface area (Å²) in [6, 6.07) is 0. The van der Waals surface area contributed by atoms with Gasteiger partial charge in [-0.25, -0.2) is 0 Å². The number of nitrogens with zero attached hydrogens (tertiary/aromatic N) is 1. The number of anilines is 1. The number of amides is 1. The minimum atomic E-state index is -0.589. The molecule has 90 valence electrons. The van der Waals surface area contributed by atoms with Crippen LogP contribution in [0.15, 0.2) is 0 Å². The Morgan fingerprint density at radius 1 is 1.56 bits per heavy atom. The number of aliphatic hydroxyl groups excluding tert-OH is 1. The van der Waals surface area contributed by atoms with Crippen LogP contribution in [0.5, 0.6) is 0 Å². The first kappa shape index (κ1) is 12.5. The summed E-state index contributed by atoms with van der Waals surface area (Å²) < 4.78 is 0. The molecule has 1 amide bonds. The van der Waals surface area contributed by atoms with Crippen molar-refractivity contribution in [3.63, 3.8) is 0 Å². The van der Waals surface area contributed by atoms with Crippen molar-refractivity contribution in [2.24, 2.45) is 0 Å². The Bertz CT molecular complexity index is 371. The second-order valence-electron chi connectivity index (χ2n) is 4.11. The standard InChI is InChI=1S/C10H18N4O2/c1-5(2)8-7(11)9(14-13-8)10(16)12-4-6(3)15/h5-6,15H,4,11H2,1-3H3,(H,12,16)(H,13,14). The van der Waals surface area contributed by atoms with Gasteiger partial charge in [0, 0.05) is 6.54 Å². The second-order valence-corrected chi connectivity index (χ2v) is 4.11. The Morgan fingerprint density at radius 2 is 2.19 bits per heavy atom. The van der Waals surface area contributed by atoms with E-state index in [1.54, 1.807) is 6.92 Å². The zero-order valence-corrected chi connectivity index (χ0v) is 9.74. The number of H-pyrrole nitrogens is 1. The third-order valence-electron chi connectivity index (χ3n) is 2.18. The molecule has 6 nitrogen and oxygen atoms in total. The van der Waals surface area contributed by atoms with Gasteiger partial charge in [-0.15, -0.1) is 0 Å². The van der Waals surface area contributed by atoms with Gasteiger partial charge in [-0.2, -0.15) is 5.10 Å². The molecule has 1 rings (SSSR count). The van der Waals surface area contributed by atoms with E-state index >= 15 is 0 Å². The van der Waals surface area contributed by atoms with E-state index in [9.17, 15) is 4.79 Å². The molecule has 0 aromatic carbocycles. The quantitative estimate of drug-likeness (QED) is 0.589. The van der Waals surface area contributed by atoms with Crippen LogP contribution >= 0.6 is 0 Å². The first-order valence-corrected chi connectivity index (χ1v) is 5.23. The molecule has 0 aliphatic carbocycles. The van der Waals surface area contributed by atoms with Gasteiger partial charge in [-0.05, 0) is 12.8 Å². The number of aromatic nitrogens is 2. The molecule has 0 fully saturated rings. The summed E-state index contributed by atoms with van der Waals surface area (Å²) in [6.07, 6.45) is -0.589. The van der Waals surface area contributed by atoms with Crippen molar-refractivity contribution in [1.29, 1.82) is 0 Å². The molecule has 0 spiro atoms. The Morgan fingerprint density at radius 3 is 2.62 bits per heavy atom. The maximum absolute atomic E-state index is 11.6. The molecule has 16 heavy (non-hydrogen) atoms. The number of aromatic amines is 1. The molecule has 1 aromatic rings. The van der Waals surface area contributed by atoms with Gasteiger partial charge in [0.2, 0.25) is 0 Å². The van der Waals surface area contributed by atoms with Crippen LogP contribution in [0, 0.1) is 0 Å². The lowest BCUT2D eigenvalue weighted by Gasteiger charge is -2.06. The van der Waals surface area contributed by atoms with Crippen molar-refractivity contribution >= 4 is 11.6 Å². The van der Waals surface area contributed by atoms with Crippen molar-refractivity contribution in [2.75, 3.05) is 12.3 Å².